The molecule has 2 heterocycles. The van der Waals surface area contributed by atoms with E-state index in [-0.39, 0.29) is 22.6 Å². The Morgan fingerprint density at radius 1 is 1.16 bits per heavy atom. The van der Waals surface area contributed by atoms with Gasteiger partial charge in [-0.1, -0.05) is 25.1 Å². The highest BCUT2D eigenvalue weighted by molar-refractivity contribution is 7.89. The smallest absolute Gasteiger partial charge is 0.339 e. The molecule has 0 bridgehead atoms. The van der Waals surface area contributed by atoms with Crippen LogP contribution in [-0.2, 0) is 21.4 Å². The number of hydrogen-bond acceptors (Lipinski definition) is 5. The van der Waals surface area contributed by atoms with Gasteiger partial charge in [-0.2, -0.15) is 4.31 Å². The summed E-state index contributed by atoms with van der Waals surface area (Å²) in [6, 6.07) is 12.1. The lowest BCUT2D eigenvalue weighted by Gasteiger charge is -2.29. The van der Waals surface area contributed by atoms with E-state index in [4.69, 9.17) is 4.74 Å². The number of halogens is 1. The average molecular weight is 443 g/mol. The summed E-state index contributed by atoms with van der Waals surface area (Å²) in [5.41, 5.74) is 0.925. The second-order valence-electron chi connectivity index (χ2n) is 7.79. The van der Waals surface area contributed by atoms with Gasteiger partial charge >= 0.3 is 5.97 Å². The summed E-state index contributed by atoms with van der Waals surface area (Å²) < 4.78 is 46.8. The van der Waals surface area contributed by atoms with Crippen LogP contribution in [0.4, 0.5) is 4.39 Å². The van der Waals surface area contributed by atoms with Crippen molar-refractivity contribution in [3.63, 3.8) is 0 Å². The lowest BCUT2D eigenvalue weighted by Crippen LogP contribution is -2.37. The zero-order valence-electron chi connectivity index (χ0n) is 17.1. The van der Waals surface area contributed by atoms with Crippen LogP contribution >= 0.6 is 0 Å². The molecule has 2 aromatic carbocycles. The molecule has 0 unspecified atom stereocenters. The van der Waals surface area contributed by atoms with Crippen LogP contribution in [0.5, 0.6) is 0 Å². The third kappa shape index (κ3) is 4.45. The predicted molar refractivity (Wildman–Crippen MR) is 114 cm³/mol. The first-order valence-corrected chi connectivity index (χ1v) is 11.6. The normalized spacial score (nSPS) is 15.8. The number of ether oxygens (including phenoxy) is 1. The number of aromatic nitrogens is 1. The van der Waals surface area contributed by atoms with Gasteiger partial charge in [0, 0.05) is 30.2 Å². The highest BCUT2D eigenvalue weighted by Crippen LogP contribution is 2.27. The minimum atomic E-state index is -3.68. The van der Waals surface area contributed by atoms with Crippen molar-refractivity contribution in [3.8, 4) is 0 Å². The van der Waals surface area contributed by atoms with Gasteiger partial charge in [-0.05, 0) is 49.1 Å². The average Bonchev–Trinajstić information content (AvgIpc) is 2.78. The van der Waals surface area contributed by atoms with Crippen molar-refractivity contribution in [2.24, 2.45) is 5.92 Å². The van der Waals surface area contributed by atoms with E-state index < -0.39 is 21.8 Å². The van der Waals surface area contributed by atoms with E-state index in [0.717, 1.165) is 12.8 Å². The fourth-order valence-corrected chi connectivity index (χ4v) is 5.17. The highest BCUT2D eigenvalue weighted by atomic mass is 32.2. The summed E-state index contributed by atoms with van der Waals surface area (Å²) in [6.45, 7) is 2.85. The highest BCUT2D eigenvalue weighted by Gasteiger charge is 2.28. The van der Waals surface area contributed by atoms with Crippen LogP contribution in [0, 0.1) is 11.7 Å². The number of sulfonamides is 1. The SMILES string of the molecule is CC1CCN(S(=O)(=O)c2ccc3nccc(C(=O)OCc4ccccc4F)c3c2)CC1. The molecule has 31 heavy (non-hydrogen) atoms. The van der Waals surface area contributed by atoms with Crippen LogP contribution in [0.25, 0.3) is 10.9 Å². The van der Waals surface area contributed by atoms with Crippen LogP contribution in [0.15, 0.2) is 59.6 Å². The maximum absolute atomic E-state index is 13.8. The van der Waals surface area contributed by atoms with E-state index in [1.807, 2.05) is 0 Å². The van der Waals surface area contributed by atoms with Crippen LogP contribution < -0.4 is 0 Å². The van der Waals surface area contributed by atoms with Crippen molar-refractivity contribution < 1.29 is 22.3 Å². The molecule has 0 saturated carbocycles. The van der Waals surface area contributed by atoms with Gasteiger partial charge in [-0.3, -0.25) is 4.98 Å². The molecule has 0 aliphatic carbocycles. The van der Waals surface area contributed by atoms with Crippen molar-refractivity contribution in [3.05, 3.63) is 71.7 Å². The first-order valence-electron chi connectivity index (χ1n) is 10.2. The third-order valence-corrected chi connectivity index (χ3v) is 7.52. The van der Waals surface area contributed by atoms with Gasteiger partial charge in [-0.15, -0.1) is 0 Å². The molecule has 1 aromatic heterocycles. The molecule has 1 aliphatic heterocycles. The largest absolute Gasteiger partial charge is 0.457 e. The molecule has 0 N–H and O–H groups in total. The van der Waals surface area contributed by atoms with E-state index in [1.54, 1.807) is 18.2 Å². The molecule has 1 saturated heterocycles. The molecule has 0 radical (unpaired) electrons. The van der Waals surface area contributed by atoms with Crippen LogP contribution in [-0.4, -0.2) is 36.8 Å². The monoisotopic (exact) mass is 442 g/mol. The Hall–Kier alpha value is -2.84. The zero-order valence-corrected chi connectivity index (χ0v) is 17.9. The van der Waals surface area contributed by atoms with Crippen molar-refractivity contribution in [2.75, 3.05) is 13.1 Å². The number of carbonyl (C=O) groups excluding carboxylic acids is 1. The van der Waals surface area contributed by atoms with Gasteiger partial charge in [0.1, 0.15) is 12.4 Å². The molecule has 1 aliphatic rings. The van der Waals surface area contributed by atoms with E-state index in [0.29, 0.717) is 29.9 Å². The number of nitrogens with zero attached hydrogens (tertiary/aromatic N) is 2. The number of hydrogen-bond donors (Lipinski definition) is 0. The zero-order chi connectivity index (χ0) is 22.0. The number of pyridine rings is 1. The number of piperidine rings is 1. The number of benzene rings is 2. The van der Waals surface area contributed by atoms with Crippen molar-refractivity contribution in [2.45, 2.75) is 31.3 Å². The number of esters is 1. The lowest BCUT2D eigenvalue weighted by atomic mass is 10.0. The third-order valence-electron chi connectivity index (χ3n) is 5.63. The Labute approximate surface area is 180 Å². The van der Waals surface area contributed by atoms with Crippen LogP contribution in [0.1, 0.15) is 35.7 Å². The number of rotatable bonds is 5. The standard InChI is InChI=1S/C23H23FN2O4S/c1-16-9-12-26(13-10-16)31(28,29)18-6-7-22-20(14-18)19(8-11-25-22)23(27)30-15-17-4-2-3-5-21(17)24/h2-8,11,14,16H,9-10,12-13,15H2,1H3. The van der Waals surface area contributed by atoms with Crippen molar-refractivity contribution >= 4 is 26.9 Å². The Morgan fingerprint density at radius 2 is 1.90 bits per heavy atom. The summed E-state index contributed by atoms with van der Waals surface area (Å²) in [7, 11) is -3.68. The fraction of sp³-hybridized carbons (Fsp3) is 0.304. The van der Waals surface area contributed by atoms with Gasteiger partial charge in [0.05, 0.1) is 16.0 Å². The molecule has 0 spiro atoms. The number of carbonyl (C=O) groups is 1. The maximum Gasteiger partial charge on any atom is 0.339 e. The predicted octanol–water partition coefficient (Wildman–Crippen LogP) is 4.15. The van der Waals surface area contributed by atoms with Gasteiger partial charge in [0.15, 0.2) is 0 Å². The molecule has 6 nitrogen and oxygen atoms in total. The van der Waals surface area contributed by atoms with Crippen molar-refractivity contribution in [1.29, 1.82) is 0 Å². The van der Waals surface area contributed by atoms with Gasteiger partial charge in [0.2, 0.25) is 10.0 Å². The quantitative estimate of drug-likeness (QED) is 0.555. The minimum absolute atomic E-state index is 0.116. The molecule has 4 rings (SSSR count). The van der Waals surface area contributed by atoms with Gasteiger partial charge in [0.25, 0.3) is 0 Å². The molecule has 0 amide bonds. The molecule has 8 heteroatoms. The molecule has 1 fully saturated rings. The summed E-state index contributed by atoms with van der Waals surface area (Å²) in [5, 5.41) is 0.382. The lowest BCUT2D eigenvalue weighted by molar-refractivity contribution is 0.0471. The van der Waals surface area contributed by atoms with E-state index in [2.05, 4.69) is 11.9 Å². The first-order chi connectivity index (χ1) is 14.9. The second kappa shape index (κ2) is 8.72. The summed E-state index contributed by atoms with van der Waals surface area (Å²) in [5.74, 6) is -0.626. The molecule has 162 valence electrons. The molecular formula is C23H23FN2O4S. The number of fused-ring (bicyclic) bond motifs is 1. The Morgan fingerprint density at radius 3 is 2.65 bits per heavy atom. The topological polar surface area (TPSA) is 76.6 Å². The Bertz CT molecular complexity index is 1220. The fourth-order valence-electron chi connectivity index (χ4n) is 3.67. The van der Waals surface area contributed by atoms with E-state index in [1.165, 1.54) is 40.8 Å². The van der Waals surface area contributed by atoms with Crippen molar-refractivity contribution in [1.82, 2.24) is 9.29 Å². The molecule has 0 atom stereocenters. The summed E-state index contributed by atoms with van der Waals surface area (Å²) in [4.78, 5) is 17.1. The van der Waals surface area contributed by atoms with Gasteiger partial charge in [-0.25, -0.2) is 17.6 Å². The minimum Gasteiger partial charge on any atom is -0.457 e. The Kier molecular flexibility index (Phi) is 6.02. The summed E-state index contributed by atoms with van der Waals surface area (Å²) >= 11 is 0. The second-order valence-corrected chi connectivity index (χ2v) is 9.73. The Balaban J connectivity index is 1.63. The van der Waals surface area contributed by atoms with Crippen LogP contribution in [0.3, 0.4) is 0 Å². The molecular weight excluding hydrogens is 419 g/mol. The summed E-state index contributed by atoms with van der Waals surface area (Å²) in [6.07, 6.45) is 3.10. The van der Waals surface area contributed by atoms with E-state index >= 15 is 0 Å². The van der Waals surface area contributed by atoms with E-state index in [9.17, 15) is 17.6 Å². The van der Waals surface area contributed by atoms with Crippen LogP contribution in [0.2, 0.25) is 0 Å². The molecule has 3 aromatic rings. The first kappa shape index (κ1) is 21.4. The van der Waals surface area contributed by atoms with Gasteiger partial charge < -0.3 is 4.74 Å². The maximum atomic E-state index is 13.8.